The lowest BCUT2D eigenvalue weighted by atomic mass is 10.1. The Morgan fingerprint density at radius 3 is 2.39 bits per heavy atom. The first-order valence-electron chi connectivity index (χ1n) is 10.2. The summed E-state index contributed by atoms with van der Waals surface area (Å²) in [6.45, 7) is 0. The van der Waals surface area contributed by atoms with Gasteiger partial charge >= 0.3 is 6.18 Å². The lowest BCUT2D eigenvalue weighted by molar-refractivity contribution is -0.138. The zero-order valence-corrected chi connectivity index (χ0v) is 21.9. The fraction of sp³-hybridized carbons (Fsp3) is 0.0417. The Balaban J connectivity index is 1.58. The van der Waals surface area contributed by atoms with E-state index in [0.717, 1.165) is 22.3 Å². The SMILES string of the molecule is O=S(=O)(Nc1cc(Sc2nc3ccccc3s2)c(O)c2ccccc12)c1ccc(Br)c(C(F)(F)F)c1. The predicted octanol–water partition coefficient (Wildman–Crippen LogP) is 7.89. The van der Waals surface area contributed by atoms with Crippen LogP contribution < -0.4 is 4.72 Å². The van der Waals surface area contributed by atoms with Gasteiger partial charge in [0, 0.05) is 15.2 Å². The van der Waals surface area contributed by atoms with E-state index in [1.807, 2.05) is 24.3 Å². The Labute approximate surface area is 220 Å². The summed E-state index contributed by atoms with van der Waals surface area (Å²) in [7, 11) is -4.40. The van der Waals surface area contributed by atoms with Gasteiger partial charge in [0.15, 0.2) is 4.34 Å². The van der Waals surface area contributed by atoms with E-state index in [1.165, 1.54) is 29.2 Å². The second kappa shape index (κ2) is 9.25. The quantitative estimate of drug-likeness (QED) is 0.198. The zero-order valence-electron chi connectivity index (χ0n) is 17.9. The van der Waals surface area contributed by atoms with Gasteiger partial charge < -0.3 is 5.11 Å². The van der Waals surface area contributed by atoms with Crippen molar-refractivity contribution in [2.45, 2.75) is 20.3 Å². The largest absolute Gasteiger partial charge is 0.506 e. The van der Waals surface area contributed by atoms with E-state index in [1.54, 1.807) is 24.3 Å². The molecule has 184 valence electrons. The monoisotopic (exact) mass is 610 g/mol. The maximum absolute atomic E-state index is 13.4. The molecule has 0 unspecified atom stereocenters. The van der Waals surface area contributed by atoms with Crippen LogP contribution in [0.25, 0.3) is 21.0 Å². The summed E-state index contributed by atoms with van der Waals surface area (Å²) >= 11 is 5.41. The first-order valence-corrected chi connectivity index (χ1v) is 14.1. The number of benzene rings is 4. The molecule has 36 heavy (non-hydrogen) atoms. The third kappa shape index (κ3) is 4.77. The molecule has 4 aromatic carbocycles. The number of para-hydroxylation sites is 1. The summed E-state index contributed by atoms with van der Waals surface area (Å²) < 4.78 is 70.1. The maximum Gasteiger partial charge on any atom is 0.417 e. The Morgan fingerprint density at radius 2 is 1.67 bits per heavy atom. The van der Waals surface area contributed by atoms with Crippen molar-refractivity contribution in [1.82, 2.24) is 4.98 Å². The van der Waals surface area contributed by atoms with Crippen LogP contribution in [0.5, 0.6) is 5.75 Å². The lowest BCUT2D eigenvalue weighted by Gasteiger charge is -2.16. The molecule has 0 aliphatic rings. The standard InChI is InChI=1S/C24H14BrF3N2O3S3/c25-17-10-9-13(11-16(17)24(26,27)28)36(32,33)30-19-12-21(22(31)15-6-2-1-5-14(15)19)35-23-29-18-7-3-4-8-20(18)34-23/h1-12,30-31H. The van der Waals surface area contributed by atoms with Gasteiger partial charge in [-0.3, -0.25) is 4.72 Å². The van der Waals surface area contributed by atoms with Crippen molar-refractivity contribution in [3.8, 4) is 5.75 Å². The first kappa shape index (κ1) is 24.9. The van der Waals surface area contributed by atoms with Crippen molar-refractivity contribution < 1.29 is 26.7 Å². The molecule has 1 aromatic heterocycles. The first-order chi connectivity index (χ1) is 17.0. The third-order valence-corrected chi connectivity index (χ3v) is 9.43. The summed E-state index contributed by atoms with van der Waals surface area (Å²) in [6.07, 6.45) is -4.74. The number of fused-ring (bicyclic) bond motifs is 2. The number of phenols is 1. The number of anilines is 1. The van der Waals surface area contributed by atoms with Crippen molar-refractivity contribution >= 4 is 75.7 Å². The molecular weight excluding hydrogens is 597 g/mol. The zero-order chi connectivity index (χ0) is 25.7. The maximum atomic E-state index is 13.4. The fourth-order valence-corrected chi connectivity index (χ4v) is 7.26. The van der Waals surface area contributed by atoms with E-state index < -0.39 is 26.7 Å². The molecule has 0 aliphatic carbocycles. The highest BCUT2D eigenvalue weighted by Crippen LogP contribution is 2.45. The van der Waals surface area contributed by atoms with Gasteiger partial charge in [-0.05, 0) is 36.4 Å². The molecule has 0 fully saturated rings. The molecule has 0 radical (unpaired) electrons. The van der Waals surface area contributed by atoms with Gasteiger partial charge in [-0.25, -0.2) is 13.4 Å². The molecule has 0 saturated heterocycles. The number of phenolic OH excluding ortho intramolecular Hbond substituents is 1. The number of hydrogen-bond acceptors (Lipinski definition) is 6. The van der Waals surface area contributed by atoms with Crippen LogP contribution in [0.3, 0.4) is 0 Å². The topological polar surface area (TPSA) is 79.3 Å². The minimum atomic E-state index is -4.74. The van der Waals surface area contributed by atoms with Crippen molar-refractivity contribution in [3.05, 3.63) is 82.8 Å². The van der Waals surface area contributed by atoms with E-state index in [4.69, 9.17) is 0 Å². The van der Waals surface area contributed by atoms with Gasteiger partial charge in [-0.15, -0.1) is 11.3 Å². The molecule has 0 aliphatic heterocycles. The lowest BCUT2D eigenvalue weighted by Crippen LogP contribution is -2.15. The van der Waals surface area contributed by atoms with E-state index in [2.05, 4.69) is 25.6 Å². The number of sulfonamides is 1. The van der Waals surface area contributed by atoms with Gasteiger partial charge in [0.2, 0.25) is 0 Å². The molecule has 5 nitrogen and oxygen atoms in total. The normalized spacial score (nSPS) is 12.3. The Hall–Kier alpha value is -2.80. The summed E-state index contributed by atoms with van der Waals surface area (Å²) in [6, 6.07) is 18.3. The Morgan fingerprint density at radius 1 is 0.972 bits per heavy atom. The highest BCUT2D eigenvalue weighted by atomic mass is 79.9. The van der Waals surface area contributed by atoms with E-state index >= 15 is 0 Å². The van der Waals surface area contributed by atoms with E-state index in [-0.39, 0.29) is 15.9 Å². The molecule has 0 atom stereocenters. The summed E-state index contributed by atoms with van der Waals surface area (Å²) in [5.74, 6) is -0.0548. The third-order valence-electron chi connectivity index (χ3n) is 5.25. The minimum Gasteiger partial charge on any atom is -0.506 e. The molecule has 0 spiro atoms. The van der Waals surface area contributed by atoms with Crippen LogP contribution in [0.4, 0.5) is 18.9 Å². The second-order valence-electron chi connectivity index (χ2n) is 7.61. The van der Waals surface area contributed by atoms with Crippen LogP contribution >= 0.6 is 39.0 Å². The van der Waals surface area contributed by atoms with E-state index in [9.17, 15) is 26.7 Å². The molecule has 0 bridgehead atoms. The smallest absolute Gasteiger partial charge is 0.417 e. The van der Waals surface area contributed by atoms with Crippen molar-refractivity contribution in [2.75, 3.05) is 4.72 Å². The van der Waals surface area contributed by atoms with Crippen LogP contribution in [0.1, 0.15) is 5.56 Å². The van der Waals surface area contributed by atoms with Gasteiger partial charge in [0.05, 0.1) is 31.3 Å². The van der Waals surface area contributed by atoms with Crippen LogP contribution in [-0.4, -0.2) is 18.5 Å². The van der Waals surface area contributed by atoms with Gasteiger partial charge in [0.1, 0.15) is 5.75 Å². The molecule has 5 rings (SSSR count). The number of thiazole rings is 1. The number of aromatic hydroxyl groups is 1. The van der Waals surface area contributed by atoms with Crippen LogP contribution in [0, 0.1) is 0 Å². The van der Waals surface area contributed by atoms with Crippen LogP contribution in [-0.2, 0) is 16.2 Å². The molecule has 1 heterocycles. The molecular formula is C24H14BrF3N2O3S3. The number of nitrogens with one attached hydrogen (secondary N) is 1. The highest BCUT2D eigenvalue weighted by molar-refractivity contribution is 9.10. The second-order valence-corrected chi connectivity index (χ2v) is 12.5. The fourth-order valence-electron chi connectivity index (χ4n) is 3.58. The van der Waals surface area contributed by atoms with Gasteiger partial charge in [-0.2, -0.15) is 13.2 Å². The van der Waals surface area contributed by atoms with Gasteiger partial charge in [-0.1, -0.05) is 64.1 Å². The summed E-state index contributed by atoms with van der Waals surface area (Å²) in [5, 5.41) is 11.7. The summed E-state index contributed by atoms with van der Waals surface area (Å²) in [4.78, 5) is 4.34. The molecule has 2 N–H and O–H groups in total. The number of alkyl halides is 3. The van der Waals surface area contributed by atoms with Crippen molar-refractivity contribution in [2.24, 2.45) is 0 Å². The Bertz CT molecular complexity index is 1700. The van der Waals surface area contributed by atoms with Crippen molar-refractivity contribution in [3.63, 3.8) is 0 Å². The van der Waals surface area contributed by atoms with Gasteiger partial charge in [0.25, 0.3) is 10.0 Å². The van der Waals surface area contributed by atoms with Crippen LogP contribution in [0.2, 0.25) is 0 Å². The molecule has 0 amide bonds. The Kier molecular flexibility index (Phi) is 6.39. The van der Waals surface area contributed by atoms with Crippen molar-refractivity contribution in [1.29, 1.82) is 0 Å². The van der Waals surface area contributed by atoms with Crippen LogP contribution in [0.15, 0.2) is 91.4 Å². The number of aromatic nitrogens is 1. The average Bonchev–Trinajstić information content (AvgIpc) is 3.24. The number of nitrogens with zero attached hydrogens (tertiary/aromatic N) is 1. The number of rotatable bonds is 5. The average molecular weight is 611 g/mol. The van der Waals surface area contributed by atoms with E-state index in [0.29, 0.717) is 26.1 Å². The highest BCUT2D eigenvalue weighted by Gasteiger charge is 2.34. The minimum absolute atomic E-state index is 0.0548. The molecule has 12 heteroatoms. The number of halogens is 4. The summed E-state index contributed by atoms with van der Waals surface area (Å²) in [5.41, 5.74) is -0.196. The predicted molar refractivity (Wildman–Crippen MR) is 139 cm³/mol. The molecule has 0 saturated carbocycles. The number of hydrogen-bond donors (Lipinski definition) is 2. The molecule has 5 aromatic rings.